The highest BCUT2D eigenvalue weighted by atomic mass is 16.5. The van der Waals surface area contributed by atoms with E-state index in [2.05, 4.69) is 5.32 Å². The van der Waals surface area contributed by atoms with Crippen molar-refractivity contribution in [2.24, 2.45) is 0 Å². The van der Waals surface area contributed by atoms with Crippen LogP contribution in [0.1, 0.15) is 22.8 Å². The molecule has 4 nitrogen and oxygen atoms in total. The molecule has 0 fully saturated rings. The number of para-hydroxylation sites is 1. The number of benzene rings is 3. The van der Waals surface area contributed by atoms with Gasteiger partial charge in [-0.25, -0.2) is 0 Å². The van der Waals surface area contributed by atoms with Gasteiger partial charge in [-0.05, 0) is 48.4 Å². The van der Waals surface area contributed by atoms with Crippen LogP contribution < -0.4 is 14.8 Å². The monoisotopic (exact) mass is 349 g/mol. The van der Waals surface area contributed by atoms with Crippen LogP contribution >= 0.6 is 0 Å². The maximum atomic E-state index is 12.7. The second kappa shape index (κ2) is 7.91. The Labute approximate surface area is 153 Å². The number of nitrogens with one attached hydrogen (secondary N) is 1. The molecule has 0 saturated heterocycles. The Balaban J connectivity index is 1.71. The van der Waals surface area contributed by atoms with E-state index in [1.807, 2.05) is 74.5 Å². The molecule has 3 aromatic rings. The zero-order valence-corrected chi connectivity index (χ0v) is 15.3. The number of carbonyl (C=O) groups is 1. The summed E-state index contributed by atoms with van der Waals surface area (Å²) in [6.45, 7) is 4.31. The first-order valence-corrected chi connectivity index (χ1v) is 8.64. The average Bonchev–Trinajstić information content (AvgIpc) is 2.66. The number of fused-ring (bicyclic) bond motifs is 1. The maximum Gasteiger partial charge on any atom is 0.255 e. The smallest absolute Gasteiger partial charge is 0.255 e. The summed E-state index contributed by atoms with van der Waals surface area (Å²) in [5.41, 5.74) is 1.59. The number of hydrogen-bond donors (Lipinski definition) is 1. The fourth-order valence-electron chi connectivity index (χ4n) is 2.84. The first-order chi connectivity index (χ1) is 12.6. The first kappa shape index (κ1) is 17.8. The lowest BCUT2D eigenvalue weighted by Gasteiger charge is -2.17. The summed E-state index contributed by atoms with van der Waals surface area (Å²) in [5.74, 6) is 1.22. The van der Waals surface area contributed by atoms with Gasteiger partial charge in [0.1, 0.15) is 18.1 Å². The summed E-state index contributed by atoms with van der Waals surface area (Å²) in [5, 5.41) is 5.02. The van der Waals surface area contributed by atoms with Gasteiger partial charge in [0, 0.05) is 0 Å². The summed E-state index contributed by atoms with van der Waals surface area (Å²) >= 11 is 0. The zero-order valence-electron chi connectivity index (χ0n) is 15.3. The summed E-state index contributed by atoms with van der Waals surface area (Å²) in [6.07, 6.45) is 0. The van der Waals surface area contributed by atoms with Gasteiger partial charge in [-0.2, -0.15) is 0 Å². The van der Waals surface area contributed by atoms with Crippen LogP contribution in [-0.4, -0.2) is 25.7 Å². The molecule has 1 amide bonds. The van der Waals surface area contributed by atoms with Crippen LogP contribution in [0.15, 0.2) is 60.7 Å². The average molecular weight is 349 g/mol. The lowest BCUT2D eigenvalue weighted by molar-refractivity contribution is 0.0923. The highest BCUT2D eigenvalue weighted by Crippen LogP contribution is 2.26. The Morgan fingerprint density at radius 3 is 2.35 bits per heavy atom. The number of methoxy groups -OCH3 is 1. The van der Waals surface area contributed by atoms with Crippen molar-refractivity contribution < 1.29 is 14.3 Å². The van der Waals surface area contributed by atoms with Crippen LogP contribution in [0.25, 0.3) is 10.8 Å². The molecule has 26 heavy (non-hydrogen) atoms. The number of aryl methyl sites for hydroxylation is 1. The fraction of sp³-hybridized carbons (Fsp3) is 0.227. The van der Waals surface area contributed by atoms with Crippen molar-refractivity contribution in [3.63, 3.8) is 0 Å². The van der Waals surface area contributed by atoms with Crippen molar-refractivity contribution in [1.29, 1.82) is 0 Å². The zero-order chi connectivity index (χ0) is 18.5. The van der Waals surface area contributed by atoms with Gasteiger partial charge >= 0.3 is 0 Å². The van der Waals surface area contributed by atoms with Gasteiger partial charge in [0.05, 0.1) is 18.7 Å². The lowest BCUT2D eigenvalue weighted by Crippen LogP contribution is -2.37. The van der Waals surface area contributed by atoms with Gasteiger partial charge in [-0.15, -0.1) is 0 Å². The molecule has 0 aliphatic heterocycles. The molecule has 0 heterocycles. The Morgan fingerprint density at radius 2 is 1.65 bits per heavy atom. The quantitative estimate of drug-likeness (QED) is 0.719. The SMILES string of the molecule is COc1cc2ccccc2cc1C(=O)N[C@H](C)COc1ccccc1C. The van der Waals surface area contributed by atoms with Gasteiger partial charge in [0.15, 0.2) is 0 Å². The summed E-state index contributed by atoms with van der Waals surface area (Å²) in [6, 6.07) is 19.3. The van der Waals surface area contributed by atoms with E-state index in [0.717, 1.165) is 22.1 Å². The highest BCUT2D eigenvalue weighted by molar-refractivity contribution is 6.01. The molecule has 0 aromatic heterocycles. The predicted octanol–water partition coefficient (Wildman–Crippen LogP) is 4.35. The van der Waals surface area contributed by atoms with Crippen molar-refractivity contribution in [1.82, 2.24) is 5.32 Å². The molecule has 0 spiro atoms. The van der Waals surface area contributed by atoms with E-state index < -0.39 is 0 Å². The van der Waals surface area contributed by atoms with E-state index >= 15 is 0 Å². The highest BCUT2D eigenvalue weighted by Gasteiger charge is 2.16. The van der Waals surface area contributed by atoms with Gasteiger partial charge < -0.3 is 14.8 Å². The standard InChI is InChI=1S/C22H23NO3/c1-15-8-4-7-11-20(15)26-14-16(2)23-22(24)19-12-17-9-5-6-10-18(17)13-21(19)25-3/h4-13,16H,14H2,1-3H3,(H,23,24)/t16-/m1/s1. The summed E-state index contributed by atoms with van der Waals surface area (Å²) in [7, 11) is 1.58. The lowest BCUT2D eigenvalue weighted by atomic mass is 10.1. The van der Waals surface area contributed by atoms with E-state index in [1.165, 1.54) is 0 Å². The van der Waals surface area contributed by atoms with Crippen LogP contribution in [0.2, 0.25) is 0 Å². The van der Waals surface area contributed by atoms with Crippen LogP contribution in [0.3, 0.4) is 0 Å². The molecule has 3 rings (SSSR count). The molecule has 3 aromatic carbocycles. The molecule has 1 atom stereocenters. The molecule has 134 valence electrons. The molecular weight excluding hydrogens is 326 g/mol. The Bertz CT molecular complexity index is 920. The topological polar surface area (TPSA) is 47.6 Å². The van der Waals surface area contributed by atoms with Crippen molar-refractivity contribution in [3.8, 4) is 11.5 Å². The van der Waals surface area contributed by atoms with Crippen molar-refractivity contribution in [2.45, 2.75) is 19.9 Å². The molecule has 0 radical (unpaired) electrons. The van der Waals surface area contributed by atoms with Crippen LogP contribution in [0.4, 0.5) is 0 Å². The molecular formula is C22H23NO3. The van der Waals surface area contributed by atoms with E-state index in [4.69, 9.17) is 9.47 Å². The molecule has 0 saturated carbocycles. The molecule has 1 N–H and O–H groups in total. The Kier molecular flexibility index (Phi) is 5.42. The molecule has 0 bridgehead atoms. The molecule has 0 aliphatic carbocycles. The van der Waals surface area contributed by atoms with Crippen LogP contribution in [0, 0.1) is 6.92 Å². The summed E-state index contributed by atoms with van der Waals surface area (Å²) < 4.78 is 11.2. The minimum Gasteiger partial charge on any atom is -0.496 e. The number of ether oxygens (including phenoxy) is 2. The maximum absolute atomic E-state index is 12.7. The van der Waals surface area contributed by atoms with E-state index in [-0.39, 0.29) is 11.9 Å². The van der Waals surface area contributed by atoms with E-state index in [0.29, 0.717) is 17.9 Å². The number of rotatable bonds is 6. The molecule has 0 unspecified atom stereocenters. The first-order valence-electron chi connectivity index (χ1n) is 8.64. The van der Waals surface area contributed by atoms with Gasteiger partial charge in [-0.1, -0.05) is 42.5 Å². The third kappa shape index (κ3) is 3.97. The van der Waals surface area contributed by atoms with Crippen molar-refractivity contribution >= 4 is 16.7 Å². The van der Waals surface area contributed by atoms with Crippen LogP contribution in [-0.2, 0) is 0 Å². The Hall–Kier alpha value is -3.01. The summed E-state index contributed by atoms with van der Waals surface area (Å²) in [4.78, 5) is 12.7. The third-order valence-corrected chi connectivity index (χ3v) is 4.27. The van der Waals surface area contributed by atoms with E-state index in [9.17, 15) is 4.79 Å². The largest absolute Gasteiger partial charge is 0.496 e. The number of hydrogen-bond acceptors (Lipinski definition) is 3. The van der Waals surface area contributed by atoms with Gasteiger partial charge in [-0.3, -0.25) is 4.79 Å². The normalized spacial score (nSPS) is 11.8. The number of amides is 1. The second-order valence-corrected chi connectivity index (χ2v) is 6.35. The third-order valence-electron chi connectivity index (χ3n) is 4.27. The Morgan fingerprint density at radius 1 is 1.00 bits per heavy atom. The molecule has 0 aliphatic rings. The predicted molar refractivity (Wildman–Crippen MR) is 104 cm³/mol. The van der Waals surface area contributed by atoms with Gasteiger partial charge in [0.2, 0.25) is 0 Å². The molecule has 4 heteroatoms. The second-order valence-electron chi connectivity index (χ2n) is 6.35. The minimum absolute atomic E-state index is 0.140. The number of carbonyl (C=O) groups excluding carboxylic acids is 1. The fourth-order valence-corrected chi connectivity index (χ4v) is 2.84. The van der Waals surface area contributed by atoms with Crippen molar-refractivity contribution in [2.75, 3.05) is 13.7 Å². The van der Waals surface area contributed by atoms with Crippen LogP contribution in [0.5, 0.6) is 11.5 Å². The minimum atomic E-state index is -0.173. The van der Waals surface area contributed by atoms with Gasteiger partial charge in [0.25, 0.3) is 5.91 Å². The van der Waals surface area contributed by atoms with Crippen molar-refractivity contribution in [3.05, 3.63) is 71.8 Å². The van der Waals surface area contributed by atoms with E-state index in [1.54, 1.807) is 7.11 Å².